The Morgan fingerprint density at radius 1 is 1.39 bits per heavy atom. The quantitative estimate of drug-likeness (QED) is 0.354. The average Bonchev–Trinajstić information content (AvgIpc) is 2.34. The van der Waals surface area contributed by atoms with Gasteiger partial charge in [-0.2, -0.15) is 4.90 Å². The summed E-state index contributed by atoms with van der Waals surface area (Å²) in [4.78, 5) is 25.3. The predicted octanol–water partition coefficient (Wildman–Crippen LogP) is 1.71. The molecule has 0 aliphatic heterocycles. The Hall–Kier alpha value is -1.44. The van der Waals surface area contributed by atoms with E-state index in [4.69, 9.17) is 5.41 Å². The minimum absolute atomic E-state index is 0.512. The van der Waals surface area contributed by atoms with Gasteiger partial charge < -0.3 is 9.64 Å². The molecule has 0 aromatic carbocycles. The molecule has 7 nitrogen and oxygen atoms in total. The number of amidine groups is 1. The number of amides is 4. The normalized spacial score (nSPS) is 9.56. The molecule has 0 bridgehead atoms. The molecule has 0 aliphatic carbocycles. The van der Waals surface area contributed by atoms with E-state index in [0.29, 0.717) is 4.90 Å². The molecule has 4 amide bonds. The van der Waals surface area contributed by atoms with E-state index >= 15 is 0 Å². The Morgan fingerprint density at radius 3 is 2.44 bits per heavy atom. The molecule has 8 heteroatoms. The van der Waals surface area contributed by atoms with Gasteiger partial charge in [0.05, 0.1) is 7.11 Å². The molecule has 0 aromatic heterocycles. The van der Waals surface area contributed by atoms with Gasteiger partial charge in [0.2, 0.25) is 0 Å². The summed E-state index contributed by atoms with van der Waals surface area (Å²) in [6.07, 6.45) is 1.99. The fourth-order valence-electron chi connectivity index (χ4n) is 0.932. The number of nitrogens with one attached hydrogen (secondary N) is 2. The first-order chi connectivity index (χ1) is 8.45. The van der Waals surface area contributed by atoms with Crippen molar-refractivity contribution in [2.75, 3.05) is 27.0 Å². The summed E-state index contributed by atoms with van der Waals surface area (Å²) < 4.78 is 7.13. The Morgan fingerprint density at radius 2 is 2.00 bits per heavy atom. The zero-order valence-electron chi connectivity index (χ0n) is 11.1. The van der Waals surface area contributed by atoms with Crippen molar-refractivity contribution in [2.24, 2.45) is 0 Å². The number of carbonyl (C=O) groups is 2. The van der Waals surface area contributed by atoms with Crippen molar-refractivity contribution in [2.45, 2.75) is 19.8 Å². The van der Waals surface area contributed by atoms with Gasteiger partial charge in [0, 0.05) is 19.8 Å². The molecule has 0 aliphatic rings. The third-order valence-electron chi connectivity index (χ3n) is 1.93. The lowest BCUT2D eigenvalue weighted by atomic mass is 10.4. The van der Waals surface area contributed by atoms with Crippen LogP contribution in [-0.4, -0.2) is 54.8 Å². The van der Waals surface area contributed by atoms with Gasteiger partial charge in [0.25, 0.3) is 0 Å². The monoisotopic (exact) mass is 276 g/mol. The summed E-state index contributed by atoms with van der Waals surface area (Å²) in [7, 11) is 4.22. The lowest BCUT2D eigenvalue weighted by Crippen LogP contribution is -2.50. The summed E-state index contributed by atoms with van der Waals surface area (Å²) in [5, 5.41) is 7.45. The average molecular weight is 276 g/mol. The van der Waals surface area contributed by atoms with Crippen molar-refractivity contribution in [1.82, 2.24) is 14.5 Å². The van der Waals surface area contributed by atoms with E-state index in [2.05, 4.69) is 9.46 Å². The van der Waals surface area contributed by atoms with E-state index in [1.165, 1.54) is 38.1 Å². The van der Waals surface area contributed by atoms with Crippen molar-refractivity contribution in [1.29, 1.82) is 5.41 Å². The first kappa shape index (κ1) is 16.6. The maximum atomic E-state index is 11.8. The number of ether oxygens (including phenoxy) is 1. The van der Waals surface area contributed by atoms with Crippen LogP contribution in [0.1, 0.15) is 19.8 Å². The van der Waals surface area contributed by atoms with E-state index in [-0.39, 0.29) is 0 Å². The third-order valence-corrected chi connectivity index (χ3v) is 2.74. The van der Waals surface area contributed by atoms with E-state index in [0.717, 1.165) is 18.6 Å². The predicted molar refractivity (Wildman–Crippen MR) is 71.6 cm³/mol. The van der Waals surface area contributed by atoms with Gasteiger partial charge >= 0.3 is 18.1 Å². The number of hydrogen-bond donors (Lipinski definition) is 2. The molecule has 0 spiro atoms. The van der Waals surface area contributed by atoms with Crippen LogP contribution in [0.3, 0.4) is 0 Å². The van der Waals surface area contributed by atoms with Gasteiger partial charge in [-0.3, -0.25) is 10.1 Å². The summed E-state index contributed by atoms with van der Waals surface area (Å²) >= 11 is 1.21. The van der Waals surface area contributed by atoms with Crippen LogP contribution in [0.2, 0.25) is 0 Å². The van der Waals surface area contributed by atoms with Gasteiger partial charge in [-0.15, -0.1) is 0 Å². The highest BCUT2D eigenvalue weighted by Crippen LogP contribution is 2.04. The Labute approximate surface area is 111 Å². The van der Waals surface area contributed by atoms with Crippen LogP contribution in [0, 0.1) is 5.41 Å². The van der Waals surface area contributed by atoms with Crippen LogP contribution in [-0.2, 0) is 4.74 Å². The smallest absolute Gasteiger partial charge is 0.343 e. The first-order valence-corrected chi connectivity index (χ1v) is 6.49. The van der Waals surface area contributed by atoms with Crippen LogP contribution in [0.4, 0.5) is 9.59 Å². The fraction of sp³-hybridized carbons (Fsp3) is 0.700. The zero-order valence-corrected chi connectivity index (χ0v) is 12.0. The van der Waals surface area contributed by atoms with Gasteiger partial charge in [-0.1, -0.05) is 13.3 Å². The van der Waals surface area contributed by atoms with Gasteiger partial charge in [-0.05, 0) is 18.4 Å². The topological polar surface area (TPSA) is 85.7 Å². The van der Waals surface area contributed by atoms with Crippen LogP contribution in [0.5, 0.6) is 0 Å². The molecular weight excluding hydrogens is 256 g/mol. The highest BCUT2D eigenvalue weighted by atomic mass is 32.2. The standard InChI is InChI=1S/C10H20N4O3S/c1-5-6-7-18-12-9(15)14(8(11)17-4)10(16)13(2)3/h11H,5-7H2,1-4H3,(H,12,15). The minimum atomic E-state index is -0.679. The highest BCUT2D eigenvalue weighted by molar-refractivity contribution is 7.97. The maximum absolute atomic E-state index is 11.8. The van der Waals surface area contributed by atoms with Crippen molar-refractivity contribution in [3.8, 4) is 0 Å². The van der Waals surface area contributed by atoms with Crippen molar-refractivity contribution >= 4 is 30.0 Å². The molecule has 0 atom stereocenters. The molecule has 0 fully saturated rings. The molecular formula is C10H20N4O3S. The van der Waals surface area contributed by atoms with Crippen LogP contribution in [0.15, 0.2) is 0 Å². The van der Waals surface area contributed by atoms with E-state index in [9.17, 15) is 9.59 Å². The van der Waals surface area contributed by atoms with Crippen LogP contribution < -0.4 is 4.72 Å². The Balaban J connectivity index is 4.52. The molecule has 18 heavy (non-hydrogen) atoms. The molecule has 0 saturated heterocycles. The largest absolute Gasteiger partial charge is 0.468 e. The number of nitrogens with zero attached hydrogens (tertiary/aromatic N) is 2. The number of hydrogen-bond acceptors (Lipinski definition) is 5. The molecule has 0 heterocycles. The lowest BCUT2D eigenvalue weighted by Gasteiger charge is -2.23. The minimum Gasteiger partial charge on any atom is -0.468 e. The summed E-state index contributed by atoms with van der Waals surface area (Å²) in [5.41, 5.74) is 0. The number of imide groups is 1. The second kappa shape index (κ2) is 8.62. The SMILES string of the molecule is CCCCSNC(=O)N(C(=N)OC)C(=O)N(C)C. The van der Waals surface area contributed by atoms with E-state index in [1.54, 1.807) is 0 Å². The van der Waals surface area contributed by atoms with Crippen molar-refractivity contribution in [3.05, 3.63) is 0 Å². The number of urea groups is 2. The lowest BCUT2D eigenvalue weighted by molar-refractivity contribution is 0.180. The van der Waals surface area contributed by atoms with Crippen molar-refractivity contribution < 1.29 is 14.3 Å². The van der Waals surface area contributed by atoms with Gasteiger partial charge in [0.1, 0.15) is 0 Å². The zero-order chi connectivity index (χ0) is 14.1. The number of methoxy groups -OCH3 is 1. The third kappa shape index (κ3) is 5.26. The molecule has 0 aromatic rings. The maximum Gasteiger partial charge on any atom is 0.343 e. The second-order valence-electron chi connectivity index (χ2n) is 3.63. The first-order valence-electron chi connectivity index (χ1n) is 5.51. The Bertz CT molecular complexity index is 309. The highest BCUT2D eigenvalue weighted by Gasteiger charge is 2.28. The molecule has 0 radical (unpaired) electrons. The van der Waals surface area contributed by atoms with Gasteiger partial charge in [0.15, 0.2) is 0 Å². The number of unbranched alkanes of at least 4 members (excludes halogenated alkanes) is 1. The molecule has 0 unspecified atom stereocenters. The summed E-state index contributed by atoms with van der Waals surface area (Å²) in [6.45, 7) is 2.05. The van der Waals surface area contributed by atoms with Crippen molar-refractivity contribution in [3.63, 3.8) is 0 Å². The second-order valence-corrected chi connectivity index (χ2v) is 4.53. The molecule has 0 saturated carbocycles. The summed E-state index contributed by atoms with van der Waals surface area (Å²) in [5.74, 6) is 0.756. The Kier molecular flexibility index (Phi) is 7.93. The molecule has 104 valence electrons. The van der Waals surface area contributed by atoms with Crippen LogP contribution >= 0.6 is 11.9 Å². The molecule has 2 N–H and O–H groups in total. The van der Waals surface area contributed by atoms with E-state index in [1.807, 2.05) is 6.92 Å². The fourth-order valence-corrected chi connectivity index (χ4v) is 1.68. The molecule has 0 rings (SSSR count). The number of carbonyl (C=O) groups excluding carboxylic acids is 2. The van der Waals surface area contributed by atoms with E-state index < -0.39 is 18.1 Å². The summed E-state index contributed by atoms with van der Waals surface area (Å²) in [6, 6.07) is -1.82. The number of rotatable bonds is 4. The van der Waals surface area contributed by atoms with Crippen LogP contribution in [0.25, 0.3) is 0 Å². The van der Waals surface area contributed by atoms with Gasteiger partial charge in [-0.25, -0.2) is 9.59 Å².